The number of piperidine rings is 1. The molecule has 26 heavy (non-hydrogen) atoms. The Balaban J connectivity index is 1.48. The minimum atomic E-state index is 0.0472. The summed E-state index contributed by atoms with van der Waals surface area (Å²) >= 11 is 0. The van der Waals surface area contributed by atoms with E-state index < -0.39 is 0 Å². The smallest absolute Gasteiger partial charge is 0.246 e. The lowest BCUT2D eigenvalue weighted by Crippen LogP contribution is -2.44. The average Bonchev–Trinajstić information content (AvgIpc) is 2.66. The summed E-state index contributed by atoms with van der Waals surface area (Å²) in [6.45, 7) is 3.19. The molecule has 0 atom stereocenters. The van der Waals surface area contributed by atoms with Gasteiger partial charge in [0.25, 0.3) is 0 Å². The molecule has 140 valence electrons. The molecule has 0 aromatic heterocycles. The number of carbonyl (C=O) groups excluding carboxylic acids is 2. The molecule has 2 saturated heterocycles. The van der Waals surface area contributed by atoms with Crippen molar-refractivity contribution in [3.8, 4) is 0 Å². The highest BCUT2D eigenvalue weighted by molar-refractivity contribution is 5.92. The Kier molecular flexibility index (Phi) is 6.87. The molecule has 2 aliphatic rings. The molecule has 0 unspecified atom stereocenters. The van der Waals surface area contributed by atoms with Crippen LogP contribution in [-0.2, 0) is 9.59 Å². The Morgan fingerprint density at radius 3 is 2.08 bits per heavy atom. The third-order valence-corrected chi connectivity index (χ3v) is 5.54. The number of nitrogens with zero attached hydrogens (tertiary/aromatic N) is 2. The predicted octanol–water partition coefficient (Wildman–Crippen LogP) is 3.73. The van der Waals surface area contributed by atoms with Gasteiger partial charge in [-0.25, -0.2) is 0 Å². The third kappa shape index (κ3) is 5.20. The van der Waals surface area contributed by atoms with Crippen molar-refractivity contribution in [2.24, 2.45) is 5.92 Å². The van der Waals surface area contributed by atoms with Crippen molar-refractivity contribution in [3.05, 3.63) is 42.0 Å². The van der Waals surface area contributed by atoms with Crippen LogP contribution in [0.4, 0.5) is 0 Å². The highest BCUT2D eigenvalue weighted by Gasteiger charge is 2.29. The first-order valence-electron chi connectivity index (χ1n) is 10.0. The van der Waals surface area contributed by atoms with Crippen LogP contribution in [0, 0.1) is 5.92 Å². The van der Waals surface area contributed by atoms with E-state index in [1.54, 1.807) is 6.08 Å². The van der Waals surface area contributed by atoms with E-state index in [0.717, 1.165) is 44.3 Å². The van der Waals surface area contributed by atoms with E-state index in [1.165, 1.54) is 19.3 Å². The molecule has 0 saturated carbocycles. The van der Waals surface area contributed by atoms with Crippen LogP contribution in [-0.4, -0.2) is 47.8 Å². The van der Waals surface area contributed by atoms with Gasteiger partial charge in [0, 0.05) is 38.2 Å². The summed E-state index contributed by atoms with van der Waals surface area (Å²) in [6, 6.07) is 9.86. The maximum Gasteiger partial charge on any atom is 0.246 e. The normalized spacial score (nSPS) is 20.0. The summed E-state index contributed by atoms with van der Waals surface area (Å²) in [5.41, 5.74) is 1.03. The number of hydrogen-bond donors (Lipinski definition) is 0. The molecule has 0 spiro atoms. The second kappa shape index (κ2) is 9.56. The van der Waals surface area contributed by atoms with E-state index in [4.69, 9.17) is 0 Å². The first-order chi connectivity index (χ1) is 12.7. The zero-order chi connectivity index (χ0) is 18.2. The minimum Gasteiger partial charge on any atom is -0.342 e. The molecule has 0 N–H and O–H groups in total. The first kappa shape index (κ1) is 18.7. The molecule has 2 amide bonds. The lowest BCUT2D eigenvalue weighted by atomic mass is 9.94. The minimum absolute atomic E-state index is 0.0472. The lowest BCUT2D eigenvalue weighted by molar-refractivity contribution is -0.139. The van der Waals surface area contributed by atoms with Gasteiger partial charge in [-0.3, -0.25) is 9.59 Å². The summed E-state index contributed by atoms with van der Waals surface area (Å²) in [7, 11) is 0. The summed E-state index contributed by atoms with van der Waals surface area (Å²) in [4.78, 5) is 29.1. The van der Waals surface area contributed by atoms with Gasteiger partial charge in [-0.05, 0) is 37.3 Å². The van der Waals surface area contributed by atoms with Crippen molar-refractivity contribution in [3.63, 3.8) is 0 Å². The molecule has 0 aliphatic carbocycles. The number of hydrogen-bond acceptors (Lipinski definition) is 2. The highest BCUT2D eigenvalue weighted by atomic mass is 16.2. The van der Waals surface area contributed by atoms with Gasteiger partial charge in [0.2, 0.25) is 11.8 Å². The summed E-state index contributed by atoms with van der Waals surface area (Å²) < 4.78 is 0. The van der Waals surface area contributed by atoms with Gasteiger partial charge in [-0.15, -0.1) is 0 Å². The van der Waals surface area contributed by atoms with Gasteiger partial charge in [-0.1, -0.05) is 49.6 Å². The molecule has 0 radical (unpaired) electrons. The fourth-order valence-electron chi connectivity index (χ4n) is 3.91. The second-order valence-corrected chi connectivity index (χ2v) is 7.44. The van der Waals surface area contributed by atoms with E-state index in [-0.39, 0.29) is 11.8 Å². The molecule has 2 fully saturated rings. The van der Waals surface area contributed by atoms with E-state index in [0.29, 0.717) is 19.0 Å². The Hall–Kier alpha value is -2.10. The average molecular weight is 354 g/mol. The summed E-state index contributed by atoms with van der Waals surface area (Å²) in [6.07, 6.45) is 11.1. The molecule has 0 bridgehead atoms. The Morgan fingerprint density at radius 1 is 0.808 bits per heavy atom. The van der Waals surface area contributed by atoms with E-state index in [2.05, 4.69) is 4.90 Å². The van der Waals surface area contributed by atoms with Crippen molar-refractivity contribution in [2.75, 3.05) is 26.2 Å². The quantitative estimate of drug-likeness (QED) is 0.776. The number of carbonyl (C=O) groups is 2. The number of benzene rings is 1. The monoisotopic (exact) mass is 354 g/mol. The fraction of sp³-hybridized carbons (Fsp3) is 0.545. The summed E-state index contributed by atoms with van der Waals surface area (Å²) in [5, 5.41) is 0. The topological polar surface area (TPSA) is 40.6 Å². The van der Waals surface area contributed by atoms with Gasteiger partial charge < -0.3 is 9.80 Å². The van der Waals surface area contributed by atoms with Crippen molar-refractivity contribution in [1.29, 1.82) is 0 Å². The van der Waals surface area contributed by atoms with Gasteiger partial charge in [0.1, 0.15) is 0 Å². The van der Waals surface area contributed by atoms with Crippen LogP contribution in [0.3, 0.4) is 0 Å². The Morgan fingerprint density at radius 2 is 1.42 bits per heavy atom. The van der Waals surface area contributed by atoms with Crippen molar-refractivity contribution in [2.45, 2.75) is 44.9 Å². The Labute approximate surface area is 156 Å². The molecule has 2 heterocycles. The van der Waals surface area contributed by atoms with Gasteiger partial charge in [0.15, 0.2) is 0 Å². The predicted molar refractivity (Wildman–Crippen MR) is 104 cm³/mol. The SMILES string of the molecule is O=C(/C=C/c1ccccc1)N1CCC(C(=O)N2CCCCCCC2)CC1. The molecule has 1 aromatic rings. The van der Waals surface area contributed by atoms with E-state index >= 15 is 0 Å². The zero-order valence-corrected chi connectivity index (χ0v) is 15.6. The van der Waals surface area contributed by atoms with Crippen LogP contribution >= 0.6 is 0 Å². The van der Waals surface area contributed by atoms with Gasteiger partial charge >= 0.3 is 0 Å². The summed E-state index contributed by atoms with van der Waals surface area (Å²) in [5.74, 6) is 0.460. The van der Waals surface area contributed by atoms with Gasteiger partial charge in [0.05, 0.1) is 0 Å². The first-order valence-corrected chi connectivity index (χ1v) is 10.0. The zero-order valence-electron chi connectivity index (χ0n) is 15.6. The van der Waals surface area contributed by atoms with Crippen LogP contribution in [0.25, 0.3) is 6.08 Å². The maximum atomic E-state index is 12.8. The highest BCUT2D eigenvalue weighted by Crippen LogP contribution is 2.22. The van der Waals surface area contributed by atoms with Crippen molar-refractivity contribution in [1.82, 2.24) is 9.80 Å². The van der Waals surface area contributed by atoms with Crippen LogP contribution in [0.1, 0.15) is 50.5 Å². The molecule has 2 aliphatic heterocycles. The molecule has 1 aromatic carbocycles. The molecule has 4 nitrogen and oxygen atoms in total. The second-order valence-electron chi connectivity index (χ2n) is 7.44. The standard InChI is InChI=1S/C22H30N2O2/c25-21(12-11-19-9-5-4-6-10-19)23-17-13-20(14-18-23)22(26)24-15-7-2-1-3-8-16-24/h4-6,9-12,20H,1-3,7-8,13-18H2/b12-11+. The number of amides is 2. The molecule has 4 heteroatoms. The van der Waals surface area contributed by atoms with Crippen LogP contribution in [0.5, 0.6) is 0 Å². The Bertz CT molecular complexity index is 610. The molecule has 3 rings (SSSR count). The lowest BCUT2D eigenvalue weighted by Gasteiger charge is -2.34. The van der Waals surface area contributed by atoms with Crippen molar-refractivity contribution < 1.29 is 9.59 Å². The number of rotatable bonds is 3. The van der Waals surface area contributed by atoms with Crippen molar-refractivity contribution >= 4 is 17.9 Å². The maximum absolute atomic E-state index is 12.8. The van der Waals surface area contributed by atoms with Gasteiger partial charge in [-0.2, -0.15) is 0 Å². The fourth-order valence-corrected chi connectivity index (χ4v) is 3.91. The largest absolute Gasteiger partial charge is 0.342 e. The molecular formula is C22H30N2O2. The van der Waals surface area contributed by atoms with Crippen LogP contribution in [0.2, 0.25) is 0 Å². The third-order valence-electron chi connectivity index (χ3n) is 5.54. The van der Waals surface area contributed by atoms with Crippen LogP contribution < -0.4 is 0 Å². The number of likely N-dealkylation sites (tertiary alicyclic amines) is 2. The molecular weight excluding hydrogens is 324 g/mol. The van der Waals surface area contributed by atoms with E-state index in [9.17, 15) is 9.59 Å². The van der Waals surface area contributed by atoms with E-state index in [1.807, 2.05) is 41.3 Å². The van der Waals surface area contributed by atoms with Crippen LogP contribution in [0.15, 0.2) is 36.4 Å².